The second-order valence-electron chi connectivity index (χ2n) is 9.56. The molecule has 1 atom stereocenters. The van der Waals surface area contributed by atoms with Crippen LogP contribution in [0.5, 0.6) is 5.75 Å². The molecule has 1 saturated heterocycles. The van der Waals surface area contributed by atoms with Crippen LogP contribution in [0.2, 0.25) is 0 Å². The summed E-state index contributed by atoms with van der Waals surface area (Å²) in [4.78, 5) is 19.7. The van der Waals surface area contributed by atoms with Crippen LogP contribution < -0.4 is 15.0 Å². The number of aliphatic hydroxyl groups excluding tert-OH is 1. The van der Waals surface area contributed by atoms with Crippen LogP contribution >= 0.6 is 0 Å². The van der Waals surface area contributed by atoms with Crippen LogP contribution in [-0.2, 0) is 6.42 Å². The largest absolute Gasteiger partial charge is 0.487 e. The van der Waals surface area contributed by atoms with Crippen molar-refractivity contribution in [1.82, 2.24) is 14.6 Å². The van der Waals surface area contributed by atoms with Crippen LogP contribution in [0.1, 0.15) is 43.1 Å². The van der Waals surface area contributed by atoms with Crippen molar-refractivity contribution in [2.24, 2.45) is 5.41 Å². The highest BCUT2D eigenvalue weighted by atomic mass is 16.5. The standard InChI is InChI=1S/C23H27N5O3/c1-22(2)11-15-9-17(26-21(30)16-12-25-28-7-4-6-24-20(16)28)18(10-19(15)31-22)27-8-5-23(3,13-27)14-29/h4,6-7,9-10,12,29H,5,8,11,13-14H2,1-3H3,(H,26,30)/t23-/m1/s1. The van der Waals surface area contributed by atoms with Gasteiger partial charge in [0.1, 0.15) is 16.9 Å². The fourth-order valence-electron chi connectivity index (χ4n) is 4.54. The van der Waals surface area contributed by atoms with E-state index in [9.17, 15) is 9.90 Å². The summed E-state index contributed by atoms with van der Waals surface area (Å²) in [7, 11) is 0. The average molecular weight is 422 g/mol. The first kappa shape index (κ1) is 19.8. The lowest BCUT2D eigenvalue weighted by atomic mass is 9.91. The zero-order valence-electron chi connectivity index (χ0n) is 18.1. The van der Waals surface area contributed by atoms with Gasteiger partial charge in [0.2, 0.25) is 0 Å². The molecule has 0 bridgehead atoms. The lowest BCUT2D eigenvalue weighted by molar-refractivity contribution is 0.102. The second kappa shape index (κ2) is 6.95. The topological polar surface area (TPSA) is 92.0 Å². The molecule has 2 aliphatic rings. The number of nitrogens with one attached hydrogen (secondary N) is 1. The number of hydrogen-bond acceptors (Lipinski definition) is 6. The molecule has 1 aromatic carbocycles. The van der Waals surface area contributed by atoms with Gasteiger partial charge < -0.3 is 20.1 Å². The molecule has 2 N–H and O–H groups in total. The third-order valence-corrected chi connectivity index (χ3v) is 6.23. The van der Waals surface area contributed by atoms with Gasteiger partial charge in [0.15, 0.2) is 5.65 Å². The first-order valence-electron chi connectivity index (χ1n) is 10.6. The van der Waals surface area contributed by atoms with Crippen molar-refractivity contribution in [2.75, 3.05) is 29.9 Å². The summed E-state index contributed by atoms with van der Waals surface area (Å²) in [6.07, 6.45) is 6.61. The van der Waals surface area contributed by atoms with E-state index in [4.69, 9.17) is 4.74 Å². The van der Waals surface area contributed by atoms with E-state index >= 15 is 0 Å². The van der Waals surface area contributed by atoms with E-state index in [-0.39, 0.29) is 23.5 Å². The van der Waals surface area contributed by atoms with Gasteiger partial charge in [-0.15, -0.1) is 0 Å². The van der Waals surface area contributed by atoms with Crippen molar-refractivity contribution >= 4 is 22.9 Å². The summed E-state index contributed by atoms with van der Waals surface area (Å²) in [6.45, 7) is 7.87. The smallest absolute Gasteiger partial charge is 0.261 e. The summed E-state index contributed by atoms with van der Waals surface area (Å²) in [5.41, 5.74) is 3.22. The molecule has 1 amide bonds. The zero-order valence-corrected chi connectivity index (χ0v) is 18.1. The lowest BCUT2D eigenvalue weighted by Gasteiger charge is -2.26. The maximum Gasteiger partial charge on any atom is 0.261 e. The molecule has 3 aromatic rings. The Morgan fingerprint density at radius 1 is 1.32 bits per heavy atom. The number of benzene rings is 1. The van der Waals surface area contributed by atoms with Gasteiger partial charge in [-0.05, 0) is 32.4 Å². The summed E-state index contributed by atoms with van der Waals surface area (Å²) < 4.78 is 7.74. The van der Waals surface area contributed by atoms with Crippen LogP contribution in [-0.4, -0.2) is 50.9 Å². The van der Waals surface area contributed by atoms with Crippen molar-refractivity contribution < 1.29 is 14.6 Å². The first-order valence-corrected chi connectivity index (χ1v) is 10.6. The van der Waals surface area contributed by atoms with Crippen molar-refractivity contribution in [1.29, 1.82) is 0 Å². The third-order valence-electron chi connectivity index (χ3n) is 6.23. The number of fused-ring (bicyclic) bond motifs is 2. The van der Waals surface area contributed by atoms with E-state index in [1.165, 1.54) is 6.20 Å². The van der Waals surface area contributed by atoms with Crippen LogP contribution in [0.25, 0.3) is 5.65 Å². The van der Waals surface area contributed by atoms with Crippen molar-refractivity contribution in [2.45, 2.75) is 39.2 Å². The highest BCUT2D eigenvalue weighted by Crippen LogP contribution is 2.44. The predicted octanol–water partition coefficient (Wildman–Crippen LogP) is 2.90. The number of rotatable bonds is 4. The van der Waals surface area contributed by atoms with Gasteiger partial charge in [0.25, 0.3) is 5.91 Å². The van der Waals surface area contributed by atoms with Gasteiger partial charge in [-0.1, -0.05) is 6.92 Å². The second-order valence-corrected chi connectivity index (χ2v) is 9.56. The molecule has 0 aliphatic carbocycles. The minimum Gasteiger partial charge on any atom is -0.487 e. The van der Waals surface area contributed by atoms with Crippen molar-refractivity contribution in [3.8, 4) is 5.75 Å². The third kappa shape index (κ3) is 3.50. The summed E-state index contributed by atoms with van der Waals surface area (Å²) in [5.74, 6) is 0.602. The normalized spacial score (nSPS) is 21.9. The molecule has 8 heteroatoms. The van der Waals surface area contributed by atoms with E-state index < -0.39 is 0 Å². The fourth-order valence-corrected chi connectivity index (χ4v) is 4.54. The molecule has 5 rings (SSSR count). The highest BCUT2D eigenvalue weighted by Gasteiger charge is 2.37. The maximum absolute atomic E-state index is 13.2. The molecular weight excluding hydrogens is 394 g/mol. The molecular formula is C23H27N5O3. The van der Waals surface area contributed by atoms with Gasteiger partial charge in [0, 0.05) is 48.9 Å². The van der Waals surface area contributed by atoms with Crippen LogP contribution in [0.4, 0.5) is 11.4 Å². The summed E-state index contributed by atoms with van der Waals surface area (Å²) >= 11 is 0. The minimum absolute atomic E-state index is 0.133. The van der Waals surface area contributed by atoms with Gasteiger partial charge in [-0.25, -0.2) is 9.50 Å². The van der Waals surface area contributed by atoms with E-state index in [0.717, 1.165) is 42.1 Å². The first-order chi connectivity index (χ1) is 14.8. The predicted molar refractivity (Wildman–Crippen MR) is 118 cm³/mol. The molecule has 1 fully saturated rings. The van der Waals surface area contributed by atoms with Gasteiger partial charge in [-0.3, -0.25) is 4.79 Å². The van der Waals surface area contributed by atoms with E-state index in [2.05, 4.69) is 41.1 Å². The molecule has 8 nitrogen and oxygen atoms in total. The Morgan fingerprint density at radius 3 is 2.94 bits per heavy atom. The fraction of sp³-hybridized carbons (Fsp3) is 0.435. The summed E-state index contributed by atoms with van der Waals surface area (Å²) in [5, 5.41) is 17.1. The molecule has 4 heterocycles. The number of ether oxygens (including phenoxy) is 1. The molecule has 2 aromatic heterocycles. The maximum atomic E-state index is 13.2. The number of carbonyl (C=O) groups excluding carboxylic acids is 1. The van der Waals surface area contributed by atoms with Gasteiger partial charge >= 0.3 is 0 Å². The average Bonchev–Trinajstić information content (AvgIpc) is 3.41. The van der Waals surface area contributed by atoms with Crippen molar-refractivity contribution in [3.63, 3.8) is 0 Å². The Hall–Kier alpha value is -3.13. The number of amides is 1. The number of nitrogens with zero attached hydrogens (tertiary/aromatic N) is 4. The molecule has 2 aliphatic heterocycles. The summed E-state index contributed by atoms with van der Waals surface area (Å²) in [6, 6.07) is 5.82. The van der Waals surface area contributed by atoms with E-state index in [1.54, 1.807) is 23.0 Å². The Balaban J connectivity index is 1.52. The van der Waals surface area contributed by atoms with Crippen molar-refractivity contribution in [3.05, 3.63) is 47.9 Å². The van der Waals surface area contributed by atoms with E-state index in [0.29, 0.717) is 17.8 Å². The minimum atomic E-state index is -0.279. The molecule has 162 valence electrons. The zero-order chi connectivity index (χ0) is 21.8. The molecule has 0 saturated carbocycles. The van der Waals surface area contributed by atoms with E-state index in [1.807, 2.05) is 12.1 Å². The molecule has 0 spiro atoms. The Morgan fingerprint density at radius 2 is 2.16 bits per heavy atom. The Bertz CT molecular complexity index is 1170. The number of aromatic nitrogens is 3. The Labute approximate surface area is 180 Å². The molecule has 31 heavy (non-hydrogen) atoms. The van der Waals surface area contributed by atoms with Crippen LogP contribution in [0, 0.1) is 5.41 Å². The molecule has 0 radical (unpaired) electrons. The highest BCUT2D eigenvalue weighted by molar-refractivity contribution is 6.09. The van der Waals surface area contributed by atoms with Gasteiger partial charge in [-0.2, -0.15) is 5.10 Å². The monoisotopic (exact) mass is 421 g/mol. The number of aliphatic hydroxyl groups is 1. The number of anilines is 2. The number of carbonyl (C=O) groups is 1. The quantitative estimate of drug-likeness (QED) is 0.673. The van der Waals surface area contributed by atoms with Crippen LogP contribution in [0.15, 0.2) is 36.8 Å². The van der Waals surface area contributed by atoms with Crippen LogP contribution in [0.3, 0.4) is 0 Å². The SMILES string of the molecule is CC1(C)Cc2cc(NC(=O)c3cnn4cccnc34)c(N3CC[C@@](C)(CO)C3)cc2O1. The number of hydrogen-bond donors (Lipinski definition) is 2. The van der Waals surface area contributed by atoms with Gasteiger partial charge in [0.05, 0.1) is 24.2 Å². The Kier molecular flexibility index (Phi) is 4.44. The molecule has 0 unspecified atom stereocenters. The lowest BCUT2D eigenvalue weighted by Crippen LogP contribution is -2.28.